The first-order chi connectivity index (χ1) is 7.47. The molecule has 0 unspecified atom stereocenters. The summed E-state index contributed by atoms with van der Waals surface area (Å²) >= 11 is 0. The monoisotopic (exact) mass is 233 g/mol. The number of ether oxygens (including phenoxy) is 1. The van der Waals surface area contributed by atoms with Gasteiger partial charge in [-0.2, -0.15) is 0 Å². The molecule has 0 saturated heterocycles. The van der Waals surface area contributed by atoms with Gasteiger partial charge in [0, 0.05) is 5.56 Å². The molecule has 0 aliphatic rings. The second-order valence-corrected chi connectivity index (χ2v) is 3.15. The Morgan fingerprint density at radius 3 is 2.69 bits per heavy atom. The van der Waals surface area contributed by atoms with Crippen LogP contribution in [0.3, 0.4) is 0 Å². The molecule has 0 aliphatic heterocycles. The van der Waals surface area contributed by atoms with Crippen LogP contribution in [-0.2, 0) is 16.0 Å². The number of aromatic nitrogens is 1. The van der Waals surface area contributed by atoms with Crippen molar-refractivity contribution in [3.8, 4) is 0 Å². The van der Waals surface area contributed by atoms with Crippen molar-refractivity contribution in [2.24, 2.45) is 0 Å². The van der Waals surface area contributed by atoms with Crippen LogP contribution in [0, 0.1) is 12.7 Å². The molecule has 0 spiro atoms. The number of nitrogens with zero attached hydrogens (tertiary/aromatic N) is 1. The van der Waals surface area contributed by atoms with E-state index in [-0.39, 0.29) is 17.5 Å². The molecule has 0 bridgehead atoms. The van der Waals surface area contributed by atoms with Crippen molar-refractivity contribution in [2.45, 2.75) is 19.8 Å². The molecule has 0 aromatic carbocycles. The lowest BCUT2D eigenvalue weighted by Crippen LogP contribution is -2.10. The van der Waals surface area contributed by atoms with Crippen molar-refractivity contribution < 1.29 is 22.7 Å². The van der Waals surface area contributed by atoms with Gasteiger partial charge in [-0.3, -0.25) is 9.78 Å². The predicted molar refractivity (Wildman–Crippen MR) is 49.6 cm³/mol. The number of methoxy groups -OCH3 is 1. The minimum absolute atomic E-state index is 0.0135. The van der Waals surface area contributed by atoms with Gasteiger partial charge in [0.2, 0.25) is 0 Å². The molecule has 1 rings (SSSR count). The number of esters is 1. The minimum atomic E-state index is -2.79. The Balaban J connectivity index is 3.16. The van der Waals surface area contributed by atoms with Crippen LogP contribution in [0.25, 0.3) is 0 Å². The number of rotatable bonds is 3. The molecule has 6 heteroatoms. The molecule has 0 N–H and O–H groups in total. The molecule has 3 nitrogen and oxygen atoms in total. The van der Waals surface area contributed by atoms with Crippen LogP contribution in [-0.4, -0.2) is 18.1 Å². The van der Waals surface area contributed by atoms with E-state index in [1.54, 1.807) is 0 Å². The van der Waals surface area contributed by atoms with Crippen LogP contribution in [0.5, 0.6) is 0 Å². The third-order valence-corrected chi connectivity index (χ3v) is 2.20. The lowest BCUT2D eigenvalue weighted by atomic mass is 10.0. The van der Waals surface area contributed by atoms with Crippen molar-refractivity contribution in [2.75, 3.05) is 7.11 Å². The van der Waals surface area contributed by atoms with Gasteiger partial charge in [0.1, 0.15) is 11.5 Å². The van der Waals surface area contributed by atoms with Crippen LogP contribution >= 0.6 is 0 Å². The normalized spacial score (nSPS) is 10.6. The van der Waals surface area contributed by atoms with Gasteiger partial charge >= 0.3 is 5.97 Å². The third-order valence-electron chi connectivity index (χ3n) is 2.20. The average molecular weight is 233 g/mol. The predicted octanol–water partition coefficient (Wildman–Crippen LogP) is 2.18. The first kappa shape index (κ1) is 12.5. The fraction of sp³-hybridized carbons (Fsp3) is 0.400. The van der Waals surface area contributed by atoms with E-state index in [1.807, 2.05) is 0 Å². The minimum Gasteiger partial charge on any atom is -0.469 e. The van der Waals surface area contributed by atoms with Gasteiger partial charge < -0.3 is 4.74 Å². The summed E-state index contributed by atoms with van der Waals surface area (Å²) in [6, 6.07) is 0. The highest BCUT2D eigenvalue weighted by atomic mass is 19.3. The van der Waals surface area contributed by atoms with Crippen molar-refractivity contribution >= 4 is 5.97 Å². The van der Waals surface area contributed by atoms with Crippen LogP contribution < -0.4 is 0 Å². The second-order valence-electron chi connectivity index (χ2n) is 3.15. The number of alkyl halides is 2. The van der Waals surface area contributed by atoms with Crippen LogP contribution in [0.4, 0.5) is 13.2 Å². The summed E-state index contributed by atoms with van der Waals surface area (Å²) in [5, 5.41) is 0. The fourth-order valence-corrected chi connectivity index (χ4v) is 1.29. The first-order valence-corrected chi connectivity index (χ1v) is 4.46. The molecule has 1 heterocycles. The van der Waals surface area contributed by atoms with Gasteiger partial charge in [0.15, 0.2) is 0 Å². The average Bonchev–Trinajstić information content (AvgIpc) is 2.23. The number of carbonyl (C=O) groups excluding carboxylic acids is 1. The smallest absolute Gasteiger partial charge is 0.310 e. The van der Waals surface area contributed by atoms with Gasteiger partial charge in [-0.1, -0.05) is 0 Å². The van der Waals surface area contributed by atoms with E-state index in [0.717, 1.165) is 7.11 Å². The van der Waals surface area contributed by atoms with Crippen molar-refractivity contribution in [3.63, 3.8) is 0 Å². The standard InChI is InChI=1S/C10H10F3NO2/c1-5-6(3-8(15)16-2)7(11)4-14-9(5)10(12)13/h4,10H,3H2,1-2H3. The molecule has 0 saturated carbocycles. The number of pyridine rings is 1. The largest absolute Gasteiger partial charge is 0.469 e. The Bertz CT molecular complexity index is 407. The van der Waals surface area contributed by atoms with E-state index in [1.165, 1.54) is 6.92 Å². The van der Waals surface area contributed by atoms with Crippen molar-refractivity contribution in [1.29, 1.82) is 0 Å². The highest BCUT2D eigenvalue weighted by Crippen LogP contribution is 2.24. The zero-order chi connectivity index (χ0) is 12.3. The molecular formula is C10H10F3NO2. The second kappa shape index (κ2) is 4.96. The Morgan fingerprint density at radius 1 is 1.56 bits per heavy atom. The first-order valence-electron chi connectivity index (χ1n) is 4.46. The zero-order valence-corrected chi connectivity index (χ0v) is 8.76. The topological polar surface area (TPSA) is 39.2 Å². The Kier molecular flexibility index (Phi) is 3.87. The van der Waals surface area contributed by atoms with Gasteiger partial charge in [0.25, 0.3) is 6.43 Å². The van der Waals surface area contributed by atoms with E-state index < -0.39 is 23.9 Å². The SMILES string of the molecule is COC(=O)Cc1c(F)cnc(C(F)F)c1C. The quantitative estimate of drug-likeness (QED) is 0.751. The lowest BCUT2D eigenvalue weighted by molar-refractivity contribution is -0.139. The van der Waals surface area contributed by atoms with E-state index in [9.17, 15) is 18.0 Å². The van der Waals surface area contributed by atoms with Crippen molar-refractivity contribution in [3.05, 3.63) is 28.8 Å². The zero-order valence-electron chi connectivity index (χ0n) is 8.76. The summed E-state index contributed by atoms with van der Waals surface area (Å²) in [4.78, 5) is 14.3. The summed E-state index contributed by atoms with van der Waals surface area (Å²) < 4.78 is 42.5. The molecule has 0 atom stereocenters. The number of hydrogen-bond donors (Lipinski definition) is 0. The number of hydrogen-bond acceptors (Lipinski definition) is 3. The van der Waals surface area contributed by atoms with Gasteiger partial charge in [-0.25, -0.2) is 13.2 Å². The highest BCUT2D eigenvalue weighted by molar-refractivity contribution is 5.73. The van der Waals surface area contributed by atoms with Gasteiger partial charge in [-0.15, -0.1) is 0 Å². The van der Waals surface area contributed by atoms with Crippen LogP contribution in [0.1, 0.15) is 23.2 Å². The summed E-state index contributed by atoms with van der Waals surface area (Å²) in [5.74, 6) is -1.47. The van der Waals surface area contributed by atoms with E-state index in [4.69, 9.17) is 0 Å². The van der Waals surface area contributed by atoms with E-state index in [2.05, 4.69) is 9.72 Å². The Morgan fingerprint density at radius 2 is 2.19 bits per heavy atom. The molecule has 0 aliphatic carbocycles. The number of carbonyl (C=O) groups is 1. The van der Waals surface area contributed by atoms with E-state index >= 15 is 0 Å². The summed E-state index contributed by atoms with van der Waals surface area (Å²) in [6.45, 7) is 1.30. The molecule has 88 valence electrons. The van der Waals surface area contributed by atoms with Crippen molar-refractivity contribution in [1.82, 2.24) is 4.98 Å². The molecular weight excluding hydrogens is 223 g/mol. The van der Waals surface area contributed by atoms with Crippen LogP contribution in [0.15, 0.2) is 6.20 Å². The molecule has 1 aromatic rings. The van der Waals surface area contributed by atoms with E-state index in [0.29, 0.717) is 6.20 Å². The third kappa shape index (κ3) is 2.50. The molecule has 16 heavy (non-hydrogen) atoms. The fourth-order valence-electron chi connectivity index (χ4n) is 1.29. The highest BCUT2D eigenvalue weighted by Gasteiger charge is 2.19. The van der Waals surface area contributed by atoms with Crippen LogP contribution in [0.2, 0.25) is 0 Å². The lowest BCUT2D eigenvalue weighted by Gasteiger charge is -2.09. The summed E-state index contributed by atoms with van der Waals surface area (Å²) in [5.41, 5.74) is -0.627. The molecule has 1 aromatic heterocycles. The summed E-state index contributed by atoms with van der Waals surface area (Å²) in [7, 11) is 1.14. The maximum atomic E-state index is 13.3. The Hall–Kier alpha value is -1.59. The molecule has 0 fully saturated rings. The molecule has 0 radical (unpaired) electrons. The van der Waals surface area contributed by atoms with Gasteiger partial charge in [0.05, 0.1) is 19.7 Å². The maximum Gasteiger partial charge on any atom is 0.310 e. The summed E-state index contributed by atoms with van der Waals surface area (Å²) in [6.07, 6.45) is -2.49. The maximum absolute atomic E-state index is 13.3. The molecule has 0 amide bonds. The Labute approximate surface area is 90.2 Å². The number of halogens is 3. The van der Waals surface area contributed by atoms with Gasteiger partial charge in [-0.05, 0) is 12.5 Å².